The van der Waals surface area contributed by atoms with E-state index in [-0.39, 0.29) is 0 Å². The molecule has 0 amide bonds. The Labute approximate surface area is 116 Å². The average molecular weight is 265 g/mol. The molecule has 1 aliphatic rings. The molecule has 108 valence electrons. The number of hydrogen-bond donors (Lipinski definition) is 1. The first kappa shape index (κ1) is 14.4. The van der Waals surface area contributed by atoms with Crippen LogP contribution in [0.1, 0.15) is 52.0 Å². The van der Waals surface area contributed by atoms with Gasteiger partial charge in [-0.15, -0.1) is 0 Å². The highest BCUT2D eigenvalue weighted by Gasteiger charge is 2.28. The fourth-order valence-corrected chi connectivity index (χ4v) is 2.82. The van der Waals surface area contributed by atoms with Crippen LogP contribution in [-0.2, 0) is 4.74 Å². The van der Waals surface area contributed by atoms with Crippen molar-refractivity contribution in [3.8, 4) is 0 Å². The summed E-state index contributed by atoms with van der Waals surface area (Å²) in [5.74, 6) is 1.01. The van der Waals surface area contributed by atoms with Gasteiger partial charge in [-0.05, 0) is 37.5 Å². The van der Waals surface area contributed by atoms with E-state index in [1.165, 1.54) is 25.7 Å². The second kappa shape index (κ2) is 6.42. The summed E-state index contributed by atoms with van der Waals surface area (Å²) in [6.07, 6.45) is 10.2. The first-order valence-corrected chi connectivity index (χ1v) is 7.38. The van der Waals surface area contributed by atoms with Gasteiger partial charge in [-0.2, -0.15) is 0 Å². The summed E-state index contributed by atoms with van der Waals surface area (Å²) in [5, 5.41) is 3.42. The fourth-order valence-electron chi connectivity index (χ4n) is 2.82. The predicted molar refractivity (Wildman–Crippen MR) is 78.5 cm³/mol. The quantitative estimate of drug-likeness (QED) is 0.800. The van der Waals surface area contributed by atoms with Gasteiger partial charge in [0.05, 0.1) is 0 Å². The molecule has 1 aliphatic carbocycles. The molecule has 1 aromatic heterocycles. The third-order valence-corrected chi connectivity index (χ3v) is 4.18. The monoisotopic (exact) mass is 265 g/mol. The zero-order valence-corrected chi connectivity index (χ0v) is 12.5. The van der Waals surface area contributed by atoms with Crippen molar-refractivity contribution < 1.29 is 4.74 Å². The zero-order valence-electron chi connectivity index (χ0n) is 12.5. The molecule has 0 atom stereocenters. The van der Waals surface area contributed by atoms with Crippen LogP contribution in [0.3, 0.4) is 0 Å². The van der Waals surface area contributed by atoms with Crippen LogP contribution in [0.4, 0.5) is 5.95 Å². The molecule has 0 spiro atoms. The number of aromatic nitrogens is 2. The molecule has 1 saturated carbocycles. The van der Waals surface area contributed by atoms with Crippen molar-refractivity contribution in [2.45, 2.75) is 52.0 Å². The van der Waals surface area contributed by atoms with Crippen LogP contribution in [-0.4, -0.2) is 29.8 Å². The first-order chi connectivity index (χ1) is 9.12. The maximum atomic E-state index is 5.06. The van der Waals surface area contributed by atoms with Crippen molar-refractivity contribution in [1.82, 2.24) is 9.55 Å². The Kier molecular flexibility index (Phi) is 4.86. The Balaban J connectivity index is 1.89. The summed E-state index contributed by atoms with van der Waals surface area (Å²) in [6, 6.07) is 0.612. The highest BCUT2D eigenvalue weighted by atomic mass is 16.5. The minimum atomic E-state index is 0.517. The van der Waals surface area contributed by atoms with E-state index in [2.05, 4.69) is 34.9 Å². The predicted octanol–water partition coefficient (Wildman–Crippen LogP) is 3.47. The van der Waals surface area contributed by atoms with Crippen molar-refractivity contribution in [2.24, 2.45) is 5.41 Å². The molecule has 19 heavy (non-hydrogen) atoms. The Bertz CT molecular complexity index is 376. The summed E-state index contributed by atoms with van der Waals surface area (Å²) in [7, 11) is 1.74. The Hall–Kier alpha value is -1.03. The van der Waals surface area contributed by atoms with Crippen LogP contribution >= 0.6 is 0 Å². The van der Waals surface area contributed by atoms with Crippen LogP contribution in [0, 0.1) is 5.41 Å². The largest absolute Gasteiger partial charge is 0.385 e. The SMILES string of the molecule is COCCCNc1nccn1C1CCC(C)(C)CC1. The lowest BCUT2D eigenvalue weighted by atomic mass is 9.75. The van der Waals surface area contributed by atoms with Crippen molar-refractivity contribution in [3.63, 3.8) is 0 Å². The summed E-state index contributed by atoms with van der Waals surface area (Å²) in [4.78, 5) is 4.44. The fraction of sp³-hybridized carbons (Fsp3) is 0.800. The van der Waals surface area contributed by atoms with Crippen LogP contribution in [0.2, 0.25) is 0 Å². The van der Waals surface area contributed by atoms with Crippen molar-refractivity contribution in [3.05, 3.63) is 12.4 Å². The van der Waals surface area contributed by atoms with Crippen molar-refractivity contribution in [1.29, 1.82) is 0 Å². The number of hydrogen-bond acceptors (Lipinski definition) is 3. The lowest BCUT2D eigenvalue weighted by Crippen LogP contribution is -2.24. The Morgan fingerprint density at radius 2 is 2.16 bits per heavy atom. The highest BCUT2D eigenvalue weighted by molar-refractivity contribution is 5.26. The van der Waals surface area contributed by atoms with Gasteiger partial charge < -0.3 is 14.6 Å². The molecular weight excluding hydrogens is 238 g/mol. The number of nitrogens with one attached hydrogen (secondary N) is 1. The summed E-state index contributed by atoms with van der Waals surface area (Å²) in [6.45, 7) is 6.47. The van der Waals surface area contributed by atoms with Crippen LogP contribution in [0.15, 0.2) is 12.4 Å². The van der Waals surface area contributed by atoms with Crippen molar-refractivity contribution >= 4 is 5.95 Å². The van der Waals surface area contributed by atoms with Gasteiger partial charge >= 0.3 is 0 Å². The molecule has 1 heterocycles. The highest BCUT2D eigenvalue weighted by Crippen LogP contribution is 2.40. The Morgan fingerprint density at radius 3 is 2.84 bits per heavy atom. The van der Waals surface area contributed by atoms with E-state index >= 15 is 0 Å². The maximum absolute atomic E-state index is 5.06. The molecule has 1 N–H and O–H groups in total. The Morgan fingerprint density at radius 1 is 1.42 bits per heavy atom. The van der Waals surface area contributed by atoms with Gasteiger partial charge in [-0.25, -0.2) is 4.98 Å². The van der Waals surface area contributed by atoms with Gasteiger partial charge in [-0.1, -0.05) is 13.8 Å². The molecule has 0 radical (unpaired) electrons. The number of rotatable bonds is 6. The van der Waals surface area contributed by atoms with Gasteiger partial charge in [0.15, 0.2) is 0 Å². The van der Waals surface area contributed by atoms with E-state index in [1.807, 2.05) is 6.20 Å². The molecule has 0 aromatic carbocycles. The third-order valence-electron chi connectivity index (χ3n) is 4.18. The molecule has 1 aromatic rings. The van der Waals surface area contributed by atoms with Gasteiger partial charge in [0.2, 0.25) is 5.95 Å². The van der Waals surface area contributed by atoms with E-state index < -0.39 is 0 Å². The van der Waals surface area contributed by atoms with E-state index in [4.69, 9.17) is 4.74 Å². The van der Waals surface area contributed by atoms with Gasteiger partial charge in [-0.3, -0.25) is 0 Å². The smallest absolute Gasteiger partial charge is 0.203 e. The minimum Gasteiger partial charge on any atom is -0.385 e. The van der Waals surface area contributed by atoms with Crippen molar-refractivity contribution in [2.75, 3.05) is 25.6 Å². The van der Waals surface area contributed by atoms with Gasteiger partial charge in [0.1, 0.15) is 0 Å². The zero-order chi connectivity index (χ0) is 13.7. The molecule has 2 rings (SSSR count). The lowest BCUT2D eigenvalue weighted by Gasteiger charge is -2.35. The molecule has 0 aliphatic heterocycles. The van der Waals surface area contributed by atoms with Crippen LogP contribution in [0.5, 0.6) is 0 Å². The maximum Gasteiger partial charge on any atom is 0.203 e. The lowest BCUT2D eigenvalue weighted by molar-refractivity contribution is 0.193. The third kappa shape index (κ3) is 3.96. The second-order valence-electron chi connectivity index (χ2n) is 6.33. The van der Waals surface area contributed by atoms with Gasteiger partial charge in [0, 0.05) is 38.7 Å². The standard InChI is InChI=1S/C15H27N3O/c1-15(2)7-5-13(6-8-15)18-11-10-17-14(18)16-9-4-12-19-3/h10-11,13H,4-9,12H2,1-3H3,(H,16,17). The molecule has 0 bridgehead atoms. The molecule has 1 fully saturated rings. The van der Waals surface area contributed by atoms with E-state index in [9.17, 15) is 0 Å². The second-order valence-corrected chi connectivity index (χ2v) is 6.33. The number of imidazole rings is 1. The molecule has 0 unspecified atom stereocenters. The summed E-state index contributed by atoms with van der Waals surface area (Å²) >= 11 is 0. The molecule has 0 saturated heterocycles. The van der Waals surface area contributed by atoms with E-state index in [1.54, 1.807) is 7.11 Å². The molecule has 4 heteroatoms. The average Bonchev–Trinajstić information content (AvgIpc) is 2.83. The number of nitrogens with zero attached hydrogens (tertiary/aromatic N) is 2. The van der Waals surface area contributed by atoms with Crippen LogP contribution in [0.25, 0.3) is 0 Å². The first-order valence-electron chi connectivity index (χ1n) is 7.38. The van der Waals surface area contributed by atoms with E-state index in [0.717, 1.165) is 25.5 Å². The molecular formula is C15H27N3O. The normalized spacial score (nSPS) is 19.5. The number of methoxy groups -OCH3 is 1. The summed E-state index contributed by atoms with van der Waals surface area (Å²) in [5.41, 5.74) is 0.517. The number of anilines is 1. The molecule has 4 nitrogen and oxygen atoms in total. The number of ether oxygens (including phenoxy) is 1. The van der Waals surface area contributed by atoms with Gasteiger partial charge in [0.25, 0.3) is 0 Å². The van der Waals surface area contributed by atoms with Crippen LogP contribution < -0.4 is 5.32 Å². The summed E-state index contributed by atoms with van der Waals surface area (Å²) < 4.78 is 7.38. The topological polar surface area (TPSA) is 39.1 Å². The minimum absolute atomic E-state index is 0.517. The van der Waals surface area contributed by atoms with E-state index in [0.29, 0.717) is 11.5 Å².